The first kappa shape index (κ1) is 11.2. The van der Waals surface area contributed by atoms with Gasteiger partial charge in [0.25, 0.3) is 0 Å². The first-order valence-electron chi connectivity index (χ1n) is 4.60. The maximum Gasteiger partial charge on any atom is 0.107 e. The molecule has 0 aliphatic carbocycles. The molecule has 15 heavy (non-hydrogen) atoms. The van der Waals surface area contributed by atoms with Gasteiger partial charge in [0.2, 0.25) is 0 Å². The number of imidazole rings is 1. The molecule has 0 spiro atoms. The van der Waals surface area contributed by atoms with Crippen LogP contribution in [0.1, 0.15) is 12.2 Å². The molecule has 2 nitrogen and oxygen atoms in total. The summed E-state index contributed by atoms with van der Waals surface area (Å²) in [5.74, 6) is 1.61. The SMILES string of the molecule is ClCCCc1nc2cc(Br)c(Cl)cc2[nH]1. The number of rotatable bonds is 3. The van der Waals surface area contributed by atoms with Crippen molar-refractivity contribution in [3.63, 3.8) is 0 Å². The molecule has 0 aliphatic heterocycles. The van der Waals surface area contributed by atoms with Crippen molar-refractivity contribution in [1.29, 1.82) is 0 Å². The van der Waals surface area contributed by atoms with Crippen molar-refractivity contribution in [2.45, 2.75) is 12.8 Å². The molecule has 1 aromatic carbocycles. The number of benzene rings is 1. The van der Waals surface area contributed by atoms with Crippen LogP contribution in [-0.4, -0.2) is 15.8 Å². The Hall–Kier alpha value is -0.250. The van der Waals surface area contributed by atoms with Crippen LogP contribution < -0.4 is 0 Å². The number of fused-ring (bicyclic) bond motifs is 1. The molecule has 2 rings (SSSR count). The van der Waals surface area contributed by atoms with E-state index in [2.05, 4.69) is 25.9 Å². The lowest BCUT2D eigenvalue weighted by atomic mass is 10.3. The number of nitrogens with zero attached hydrogens (tertiary/aromatic N) is 1. The van der Waals surface area contributed by atoms with Gasteiger partial charge < -0.3 is 4.98 Å². The predicted molar refractivity (Wildman–Crippen MR) is 67.8 cm³/mol. The van der Waals surface area contributed by atoms with Crippen LogP contribution in [-0.2, 0) is 6.42 Å². The summed E-state index contributed by atoms with van der Waals surface area (Å²) >= 11 is 15.0. The molecular formula is C10H9BrCl2N2. The van der Waals surface area contributed by atoms with E-state index < -0.39 is 0 Å². The van der Waals surface area contributed by atoms with Crippen molar-refractivity contribution < 1.29 is 0 Å². The van der Waals surface area contributed by atoms with Crippen molar-refractivity contribution in [3.8, 4) is 0 Å². The minimum absolute atomic E-state index is 0.654. The van der Waals surface area contributed by atoms with Crippen LogP contribution in [0.25, 0.3) is 11.0 Å². The van der Waals surface area contributed by atoms with Crippen LogP contribution >= 0.6 is 39.1 Å². The van der Waals surface area contributed by atoms with Gasteiger partial charge in [0.1, 0.15) is 5.82 Å². The van der Waals surface area contributed by atoms with Gasteiger partial charge in [0.05, 0.1) is 16.1 Å². The summed E-state index contributed by atoms with van der Waals surface area (Å²) in [6.45, 7) is 0. The van der Waals surface area contributed by atoms with Gasteiger partial charge in [-0.2, -0.15) is 0 Å². The average Bonchev–Trinajstić information content (AvgIpc) is 2.58. The van der Waals surface area contributed by atoms with Gasteiger partial charge in [-0.15, -0.1) is 11.6 Å². The Morgan fingerprint density at radius 3 is 2.93 bits per heavy atom. The highest BCUT2D eigenvalue weighted by Gasteiger charge is 2.05. The molecule has 2 aromatic rings. The van der Waals surface area contributed by atoms with Crippen LogP contribution in [0.15, 0.2) is 16.6 Å². The smallest absolute Gasteiger partial charge is 0.107 e. The second-order valence-corrected chi connectivity index (χ2v) is 4.90. The zero-order chi connectivity index (χ0) is 10.8. The lowest BCUT2D eigenvalue weighted by Gasteiger charge is -1.93. The van der Waals surface area contributed by atoms with Gasteiger partial charge in [0.15, 0.2) is 0 Å². The van der Waals surface area contributed by atoms with Gasteiger partial charge in [-0.3, -0.25) is 0 Å². The number of halogens is 3. The molecule has 0 atom stereocenters. The fourth-order valence-electron chi connectivity index (χ4n) is 1.41. The van der Waals surface area contributed by atoms with E-state index in [0.29, 0.717) is 10.9 Å². The van der Waals surface area contributed by atoms with Crippen molar-refractivity contribution in [2.24, 2.45) is 0 Å². The summed E-state index contributed by atoms with van der Waals surface area (Å²) in [7, 11) is 0. The van der Waals surface area contributed by atoms with Crippen molar-refractivity contribution >= 4 is 50.2 Å². The Morgan fingerprint density at radius 2 is 2.20 bits per heavy atom. The van der Waals surface area contributed by atoms with Gasteiger partial charge >= 0.3 is 0 Å². The molecule has 1 heterocycles. The highest BCUT2D eigenvalue weighted by atomic mass is 79.9. The standard InChI is InChI=1S/C10H9BrCl2N2/c11-6-4-8-9(5-7(6)13)15-10(14-8)2-1-3-12/h4-5H,1-3H2,(H,14,15). The lowest BCUT2D eigenvalue weighted by molar-refractivity contribution is 0.867. The van der Waals surface area contributed by atoms with Crippen LogP contribution in [0.3, 0.4) is 0 Å². The number of alkyl halides is 1. The number of hydrogen-bond donors (Lipinski definition) is 1. The Bertz CT molecular complexity index is 442. The molecule has 0 aliphatic rings. The Kier molecular flexibility index (Phi) is 3.54. The molecule has 1 aromatic heterocycles. The molecule has 0 radical (unpaired) electrons. The molecule has 80 valence electrons. The zero-order valence-electron chi connectivity index (χ0n) is 7.86. The van der Waals surface area contributed by atoms with Gasteiger partial charge in [0, 0.05) is 16.8 Å². The maximum absolute atomic E-state index is 5.99. The van der Waals surface area contributed by atoms with E-state index in [1.807, 2.05) is 12.1 Å². The quantitative estimate of drug-likeness (QED) is 0.848. The first-order chi connectivity index (χ1) is 7.20. The second-order valence-electron chi connectivity index (χ2n) is 3.26. The summed E-state index contributed by atoms with van der Waals surface area (Å²) in [6, 6.07) is 3.79. The summed E-state index contributed by atoms with van der Waals surface area (Å²) in [5, 5.41) is 0.690. The molecule has 0 saturated carbocycles. The van der Waals surface area contributed by atoms with Crippen LogP contribution in [0.5, 0.6) is 0 Å². The molecular weight excluding hydrogens is 299 g/mol. The first-order valence-corrected chi connectivity index (χ1v) is 6.31. The van der Waals surface area contributed by atoms with Crippen LogP contribution in [0.2, 0.25) is 5.02 Å². The fraction of sp³-hybridized carbons (Fsp3) is 0.300. The number of H-pyrrole nitrogens is 1. The third-order valence-electron chi connectivity index (χ3n) is 2.12. The lowest BCUT2D eigenvalue weighted by Crippen LogP contribution is -1.87. The largest absolute Gasteiger partial charge is 0.342 e. The molecule has 0 amide bonds. The molecule has 0 saturated heterocycles. The molecule has 0 fully saturated rings. The number of aromatic amines is 1. The van der Waals surface area contributed by atoms with Crippen LogP contribution in [0.4, 0.5) is 0 Å². The van der Waals surface area contributed by atoms with Crippen molar-refractivity contribution in [2.75, 3.05) is 5.88 Å². The van der Waals surface area contributed by atoms with E-state index in [9.17, 15) is 0 Å². The minimum Gasteiger partial charge on any atom is -0.342 e. The van der Waals surface area contributed by atoms with E-state index in [1.54, 1.807) is 0 Å². The number of hydrogen-bond acceptors (Lipinski definition) is 1. The minimum atomic E-state index is 0.654. The molecule has 0 unspecified atom stereocenters. The summed E-state index contributed by atoms with van der Waals surface area (Å²) in [4.78, 5) is 7.67. The van der Waals surface area contributed by atoms with E-state index in [4.69, 9.17) is 23.2 Å². The maximum atomic E-state index is 5.99. The molecule has 1 N–H and O–H groups in total. The highest BCUT2D eigenvalue weighted by Crippen LogP contribution is 2.27. The van der Waals surface area contributed by atoms with E-state index >= 15 is 0 Å². The van der Waals surface area contributed by atoms with Gasteiger partial charge in [-0.25, -0.2) is 4.98 Å². The Balaban J connectivity index is 2.38. The zero-order valence-corrected chi connectivity index (χ0v) is 11.0. The summed E-state index contributed by atoms with van der Waals surface area (Å²) in [5.41, 5.74) is 1.89. The van der Waals surface area contributed by atoms with E-state index in [1.165, 1.54) is 0 Å². The fourth-order valence-corrected chi connectivity index (χ4v) is 2.04. The van der Waals surface area contributed by atoms with Crippen LogP contribution in [0, 0.1) is 0 Å². The predicted octanol–water partition coefficient (Wildman–Crippen LogP) is 4.15. The third-order valence-corrected chi connectivity index (χ3v) is 3.58. The molecule has 0 bridgehead atoms. The number of aromatic nitrogens is 2. The Morgan fingerprint density at radius 1 is 1.40 bits per heavy atom. The molecule has 5 heteroatoms. The van der Waals surface area contributed by atoms with Gasteiger partial charge in [-0.05, 0) is 34.5 Å². The monoisotopic (exact) mass is 306 g/mol. The average molecular weight is 308 g/mol. The normalized spacial score (nSPS) is 11.1. The highest BCUT2D eigenvalue weighted by molar-refractivity contribution is 9.10. The summed E-state index contributed by atoms with van der Waals surface area (Å²) in [6.07, 6.45) is 1.80. The second kappa shape index (κ2) is 4.73. The van der Waals surface area contributed by atoms with Crippen molar-refractivity contribution in [1.82, 2.24) is 9.97 Å². The topological polar surface area (TPSA) is 28.7 Å². The third kappa shape index (κ3) is 2.47. The number of aryl methyl sites for hydroxylation is 1. The van der Waals surface area contributed by atoms with Crippen molar-refractivity contribution in [3.05, 3.63) is 27.5 Å². The van der Waals surface area contributed by atoms with E-state index in [-0.39, 0.29) is 0 Å². The number of nitrogens with one attached hydrogen (secondary N) is 1. The van der Waals surface area contributed by atoms with E-state index in [0.717, 1.165) is 34.2 Å². The van der Waals surface area contributed by atoms with Gasteiger partial charge in [-0.1, -0.05) is 11.6 Å². The Labute approximate surface area is 106 Å². The summed E-state index contributed by atoms with van der Waals surface area (Å²) < 4.78 is 0.868.